The van der Waals surface area contributed by atoms with Gasteiger partial charge in [0.25, 0.3) is 5.56 Å². The normalized spacial score (nSPS) is 14.6. The van der Waals surface area contributed by atoms with Gasteiger partial charge in [-0.3, -0.25) is 14.2 Å². The van der Waals surface area contributed by atoms with Crippen LogP contribution >= 0.6 is 11.6 Å². The molecule has 0 unspecified atom stereocenters. The fourth-order valence-corrected chi connectivity index (χ4v) is 3.09. The zero-order chi connectivity index (χ0) is 18.7. The van der Waals surface area contributed by atoms with E-state index >= 15 is 0 Å². The van der Waals surface area contributed by atoms with Gasteiger partial charge in [0, 0.05) is 43.6 Å². The van der Waals surface area contributed by atoms with Gasteiger partial charge in [-0.25, -0.2) is 9.37 Å². The summed E-state index contributed by atoms with van der Waals surface area (Å²) in [6, 6.07) is 6.08. The first-order chi connectivity index (χ1) is 12.5. The number of aryl methyl sites for hydroxylation is 1. The zero-order valence-corrected chi connectivity index (χ0v) is 15.2. The lowest BCUT2D eigenvalue weighted by Gasteiger charge is -2.36. The van der Waals surface area contributed by atoms with Crippen molar-refractivity contribution >= 4 is 23.2 Å². The van der Waals surface area contributed by atoms with E-state index in [0.717, 1.165) is 5.69 Å². The topological polar surface area (TPSA) is 58.4 Å². The largest absolute Gasteiger partial charge is 0.368 e. The number of benzene rings is 1. The molecule has 1 aromatic carbocycles. The second kappa shape index (κ2) is 7.86. The highest BCUT2D eigenvalue weighted by Crippen LogP contribution is 2.23. The molecule has 0 spiro atoms. The number of hydrogen-bond donors (Lipinski definition) is 0. The number of carbonyl (C=O) groups excluding carboxylic acids is 1. The molecule has 1 fully saturated rings. The molecule has 3 rings (SSSR count). The Morgan fingerprint density at radius 3 is 2.58 bits per heavy atom. The van der Waals surface area contributed by atoms with Gasteiger partial charge in [0.15, 0.2) is 0 Å². The Hall–Kier alpha value is -2.41. The third kappa shape index (κ3) is 4.04. The second-order valence-electron chi connectivity index (χ2n) is 6.17. The van der Waals surface area contributed by atoms with Crippen LogP contribution in [0.1, 0.15) is 12.6 Å². The van der Waals surface area contributed by atoms with Crippen molar-refractivity contribution in [3.8, 4) is 0 Å². The standard InChI is InChI=1S/C18H20ClFN4O2/c1-2-13-9-17(25)24(12-21-13)11-18(26)23-7-5-22(6-8-23)14-3-4-16(20)15(19)10-14/h3-4,9-10,12H,2,5-8,11H2,1H3. The predicted molar refractivity (Wildman–Crippen MR) is 98.1 cm³/mol. The monoisotopic (exact) mass is 378 g/mol. The number of carbonyl (C=O) groups is 1. The number of hydrogen-bond acceptors (Lipinski definition) is 4. The SMILES string of the molecule is CCc1cc(=O)n(CC(=O)N2CCN(c3ccc(F)c(Cl)c3)CC2)cn1. The van der Waals surface area contributed by atoms with E-state index in [0.29, 0.717) is 38.3 Å². The van der Waals surface area contributed by atoms with Crippen molar-refractivity contribution in [3.05, 3.63) is 57.5 Å². The van der Waals surface area contributed by atoms with Crippen LogP contribution in [0.15, 0.2) is 35.4 Å². The summed E-state index contributed by atoms with van der Waals surface area (Å²) in [5.41, 5.74) is 1.33. The minimum absolute atomic E-state index is 0.0157. The minimum atomic E-state index is -0.447. The smallest absolute Gasteiger partial charge is 0.253 e. The van der Waals surface area contributed by atoms with E-state index < -0.39 is 5.82 Å². The summed E-state index contributed by atoms with van der Waals surface area (Å²) in [5.74, 6) is -0.563. The van der Waals surface area contributed by atoms with Gasteiger partial charge in [-0.1, -0.05) is 18.5 Å². The Labute approximate surface area is 155 Å². The summed E-state index contributed by atoms with van der Waals surface area (Å²) in [4.78, 5) is 32.4. The maximum atomic E-state index is 13.3. The lowest BCUT2D eigenvalue weighted by molar-refractivity contribution is -0.132. The maximum Gasteiger partial charge on any atom is 0.253 e. The molecule has 1 saturated heterocycles. The molecule has 2 heterocycles. The molecule has 8 heteroatoms. The van der Waals surface area contributed by atoms with Crippen molar-refractivity contribution < 1.29 is 9.18 Å². The summed E-state index contributed by atoms with van der Waals surface area (Å²) in [5, 5.41) is 0.0865. The van der Waals surface area contributed by atoms with E-state index in [1.54, 1.807) is 17.0 Å². The zero-order valence-electron chi connectivity index (χ0n) is 14.5. The van der Waals surface area contributed by atoms with Crippen molar-refractivity contribution in [2.45, 2.75) is 19.9 Å². The average molecular weight is 379 g/mol. The van der Waals surface area contributed by atoms with Crippen LogP contribution in [0.4, 0.5) is 10.1 Å². The van der Waals surface area contributed by atoms with Crippen LogP contribution < -0.4 is 10.5 Å². The molecule has 6 nitrogen and oxygen atoms in total. The van der Waals surface area contributed by atoms with E-state index in [1.807, 2.05) is 6.92 Å². The molecular weight excluding hydrogens is 359 g/mol. The lowest BCUT2D eigenvalue weighted by atomic mass is 10.2. The molecule has 0 bridgehead atoms. The van der Waals surface area contributed by atoms with Gasteiger partial charge < -0.3 is 9.80 Å². The highest BCUT2D eigenvalue weighted by Gasteiger charge is 2.22. The van der Waals surface area contributed by atoms with Crippen LogP contribution in [0.2, 0.25) is 5.02 Å². The molecular formula is C18H20ClFN4O2. The highest BCUT2D eigenvalue weighted by molar-refractivity contribution is 6.31. The van der Waals surface area contributed by atoms with Crippen molar-refractivity contribution in [1.29, 1.82) is 0 Å². The van der Waals surface area contributed by atoms with Gasteiger partial charge >= 0.3 is 0 Å². The first-order valence-corrected chi connectivity index (χ1v) is 8.89. The number of amides is 1. The average Bonchev–Trinajstić information content (AvgIpc) is 2.65. The number of nitrogens with zero attached hydrogens (tertiary/aromatic N) is 4. The number of halogens is 2. The van der Waals surface area contributed by atoms with Gasteiger partial charge in [-0.15, -0.1) is 0 Å². The Kier molecular flexibility index (Phi) is 5.56. The van der Waals surface area contributed by atoms with Crippen LogP contribution in [0.3, 0.4) is 0 Å². The number of aromatic nitrogens is 2. The van der Waals surface area contributed by atoms with Crippen LogP contribution in [-0.2, 0) is 17.8 Å². The second-order valence-corrected chi connectivity index (χ2v) is 6.57. The fourth-order valence-electron chi connectivity index (χ4n) is 2.92. The molecule has 138 valence electrons. The van der Waals surface area contributed by atoms with E-state index in [9.17, 15) is 14.0 Å². The van der Waals surface area contributed by atoms with E-state index in [1.165, 1.54) is 23.0 Å². The Balaban J connectivity index is 1.60. The molecule has 0 N–H and O–H groups in total. The fraction of sp³-hybridized carbons (Fsp3) is 0.389. The van der Waals surface area contributed by atoms with Crippen LogP contribution in [-0.4, -0.2) is 46.5 Å². The summed E-state index contributed by atoms with van der Waals surface area (Å²) in [7, 11) is 0. The lowest BCUT2D eigenvalue weighted by Crippen LogP contribution is -2.50. The highest BCUT2D eigenvalue weighted by atomic mass is 35.5. The first kappa shape index (κ1) is 18.4. The van der Waals surface area contributed by atoms with E-state index in [2.05, 4.69) is 9.88 Å². The molecule has 1 aliphatic rings. The van der Waals surface area contributed by atoms with Gasteiger partial charge in [-0.05, 0) is 24.6 Å². The van der Waals surface area contributed by atoms with Gasteiger partial charge in [0.05, 0.1) is 11.3 Å². The Morgan fingerprint density at radius 2 is 1.96 bits per heavy atom. The van der Waals surface area contributed by atoms with Gasteiger partial charge in [0.2, 0.25) is 5.91 Å². The van der Waals surface area contributed by atoms with E-state index in [4.69, 9.17) is 11.6 Å². The molecule has 0 aliphatic carbocycles. The summed E-state index contributed by atoms with van der Waals surface area (Å²) in [6.07, 6.45) is 2.11. The van der Waals surface area contributed by atoms with E-state index in [-0.39, 0.29) is 23.0 Å². The molecule has 2 aromatic rings. The number of piperazine rings is 1. The van der Waals surface area contributed by atoms with Crippen LogP contribution in [0, 0.1) is 5.82 Å². The third-order valence-corrected chi connectivity index (χ3v) is 4.79. The summed E-state index contributed by atoms with van der Waals surface area (Å²) in [6.45, 7) is 4.21. The molecule has 1 amide bonds. The Bertz CT molecular complexity index is 863. The van der Waals surface area contributed by atoms with Crippen molar-refractivity contribution in [2.75, 3.05) is 31.1 Å². The molecule has 0 atom stereocenters. The van der Waals surface area contributed by atoms with Crippen molar-refractivity contribution in [3.63, 3.8) is 0 Å². The summed E-state index contributed by atoms with van der Waals surface area (Å²) < 4.78 is 14.6. The molecule has 1 aromatic heterocycles. The van der Waals surface area contributed by atoms with Crippen LogP contribution in [0.25, 0.3) is 0 Å². The maximum absolute atomic E-state index is 13.3. The molecule has 26 heavy (non-hydrogen) atoms. The third-order valence-electron chi connectivity index (χ3n) is 4.50. The number of rotatable bonds is 4. The minimum Gasteiger partial charge on any atom is -0.368 e. The Morgan fingerprint density at radius 1 is 1.23 bits per heavy atom. The molecule has 0 radical (unpaired) electrons. The number of anilines is 1. The van der Waals surface area contributed by atoms with Crippen LogP contribution in [0.5, 0.6) is 0 Å². The van der Waals surface area contributed by atoms with Crippen molar-refractivity contribution in [1.82, 2.24) is 14.5 Å². The molecule has 1 aliphatic heterocycles. The summed E-state index contributed by atoms with van der Waals surface area (Å²) >= 11 is 5.83. The van der Waals surface area contributed by atoms with Gasteiger partial charge in [-0.2, -0.15) is 0 Å². The first-order valence-electron chi connectivity index (χ1n) is 8.51. The molecule has 0 saturated carbocycles. The van der Waals surface area contributed by atoms with Gasteiger partial charge in [0.1, 0.15) is 12.4 Å². The predicted octanol–water partition coefficient (Wildman–Crippen LogP) is 1.95. The van der Waals surface area contributed by atoms with Crippen molar-refractivity contribution in [2.24, 2.45) is 0 Å². The quantitative estimate of drug-likeness (QED) is 0.816.